The Hall–Kier alpha value is -10.3. The minimum absolute atomic E-state index is 0. The molecule has 7 aromatic heterocycles. The molecule has 3 radical (unpaired) electrons. The summed E-state index contributed by atoms with van der Waals surface area (Å²) in [5, 5.41) is 8.31. The van der Waals surface area contributed by atoms with Crippen LogP contribution in [0.3, 0.4) is 0 Å². The second-order valence-corrected chi connectivity index (χ2v) is 19.7. The number of aliphatic hydroxyl groups is 1. The Bertz CT molecular complexity index is 3740. The maximum absolute atomic E-state index is 9.96. The molecule has 0 bridgehead atoms. The van der Waals surface area contributed by atoms with Gasteiger partial charge in [0.1, 0.15) is 0 Å². The van der Waals surface area contributed by atoms with E-state index in [0.29, 0.717) is 0 Å². The predicted octanol–water partition coefficient (Wildman–Crippen LogP) is 19.0. The van der Waals surface area contributed by atoms with Gasteiger partial charge in [-0.15, -0.1) is 178 Å². The van der Waals surface area contributed by atoms with Gasteiger partial charge >= 0.3 is 17.6 Å². The van der Waals surface area contributed by atoms with E-state index in [1.54, 1.807) is 31.0 Å². The molecule has 0 amide bonds. The maximum Gasteiger partial charge on any atom is 0.392 e. The molecule has 0 aliphatic rings. The van der Waals surface area contributed by atoms with Crippen LogP contribution in [0.5, 0.6) is 0 Å². The van der Waals surface area contributed by atoms with Crippen molar-refractivity contribution in [2.45, 2.75) is 13.8 Å². The molecule has 1 N–H and O–H groups in total. The van der Waals surface area contributed by atoms with Crippen LogP contribution in [0, 0.1) is 36.4 Å². The minimum Gasteiger partial charge on any atom is -0.472 e. The zero-order valence-corrected chi connectivity index (χ0v) is 58.3. The van der Waals surface area contributed by atoms with Gasteiger partial charge in [0.2, 0.25) is 0 Å². The molecule has 14 rings (SSSR count). The van der Waals surface area contributed by atoms with Gasteiger partial charge < -0.3 is 30.0 Å². The van der Waals surface area contributed by atoms with Crippen molar-refractivity contribution in [3.63, 3.8) is 0 Å². The molecular weight excluding hydrogens is 1690 g/mol. The summed E-state index contributed by atoms with van der Waals surface area (Å²) >= 11 is 0. The number of hydrogen-bond donors (Lipinski definition) is 1. The van der Waals surface area contributed by atoms with E-state index in [-0.39, 0.29) is 71.9 Å². The number of aromatic nitrogens is 7. The first-order valence-electron chi connectivity index (χ1n) is 29.2. The summed E-state index contributed by atoms with van der Waals surface area (Å²) in [5.41, 5.74) is 18.7. The molecule has 467 valence electrons. The Morgan fingerprint density at radius 2 is 0.511 bits per heavy atom. The zero-order valence-electron chi connectivity index (χ0n) is 51.2. The molecular formula is C82H61Ir3N7O2-4. The predicted molar refractivity (Wildman–Crippen MR) is 366 cm³/mol. The normalized spacial score (nSPS) is 9.83. The van der Waals surface area contributed by atoms with E-state index in [1.165, 1.54) is 25.0 Å². The molecule has 0 fully saturated rings. The van der Waals surface area contributed by atoms with Crippen LogP contribution in [-0.2, 0) is 65.1 Å². The monoisotopic (exact) mass is 1750 g/mol. The Kier molecular flexibility index (Phi) is 31.3. The Labute approximate surface area is 591 Å². The molecule has 0 unspecified atom stereocenters. The summed E-state index contributed by atoms with van der Waals surface area (Å²) in [6, 6.07) is 110. The van der Waals surface area contributed by atoms with E-state index in [9.17, 15) is 4.79 Å². The molecule has 7 aromatic carbocycles. The van der Waals surface area contributed by atoms with Gasteiger partial charge in [0.05, 0.1) is 18.3 Å². The van der Waals surface area contributed by atoms with Gasteiger partial charge in [-0.3, -0.25) is 9.97 Å². The summed E-state index contributed by atoms with van der Waals surface area (Å²) in [6.45, 7) is 2.74. The summed E-state index contributed by atoms with van der Waals surface area (Å²) in [5.74, 6) is -0.312. The van der Waals surface area contributed by atoms with Crippen molar-refractivity contribution < 1.29 is 70.2 Å². The Morgan fingerprint density at radius 1 is 0.277 bits per heavy atom. The molecule has 0 saturated carbocycles. The van der Waals surface area contributed by atoms with E-state index in [1.807, 2.05) is 237 Å². The fourth-order valence-corrected chi connectivity index (χ4v) is 8.78. The smallest absolute Gasteiger partial charge is 0.392 e. The second kappa shape index (κ2) is 40.5. The van der Waals surface area contributed by atoms with Crippen LogP contribution in [0.4, 0.5) is 0 Å². The van der Waals surface area contributed by atoms with Crippen LogP contribution in [-0.4, -0.2) is 45.8 Å². The van der Waals surface area contributed by atoms with E-state index in [4.69, 9.17) is 5.11 Å². The summed E-state index contributed by atoms with van der Waals surface area (Å²) in [6.07, 6.45) is 14.7. The van der Waals surface area contributed by atoms with E-state index >= 15 is 0 Å². The molecule has 94 heavy (non-hydrogen) atoms. The van der Waals surface area contributed by atoms with Gasteiger partial charge in [0.15, 0.2) is 0 Å². The number of carbonyl (C=O) groups is 1. The van der Waals surface area contributed by atoms with Crippen molar-refractivity contribution in [3.05, 3.63) is 371 Å². The topological polar surface area (TPSA) is 128 Å². The molecule has 9 nitrogen and oxygen atoms in total. The molecule has 0 aliphatic heterocycles. The molecule has 0 spiro atoms. The second-order valence-electron chi connectivity index (χ2n) is 19.7. The van der Waals surface area contributed by atoms with Gasteiger partial charge in [-0.25, -0.2) is 4.79 Å². The molecule has 0 aliphatic carbocycles. The SMILES string of the molecule is CC(=O)[C+]=C(C)O.[Ir].[Ir].[Ir].[c-]1cc(-c2c[c-]c(-c3ccccn3)cc2)ccc1-c1ccccn1.[c-]1ccccc1-c1ccccn1.[c-]1ccccc1-c1ccccn1.[c-]1ccccc1-c1ccccn1.c1ccc(-c2ccc(-c3ccc(-c4ccccn4)cc3)cc2)nc1. The number of carbonyl (C=O) groups excluding carboxylic acids is 1. The average molecular weight is 1750 g/mol. The summed E-state index contributed by atoms with van der Waals surface area (Å²) < 4.78 is 0. The van der Waals surface area contributed by atoms with Crippen molar-refractivity contribution in [2.24, 2.45) is 0 Å². The van der Waals surface area contributed by atoms with E-state index < -0.39 is 0 Å². The quantitative estimate of drug-likeness (QED) is 0.0809. The number of Topliss-reactive ketones (excluding diaryl/α,β-unsaturated/α-hetero) is 1. The third-order valence-corrected chi connectivity index (χ3v) is 13.2. The molecule has 0 atom stereocenters. The van der Waals surface area contributed by atoms with Crippen LogP contribution in [0.15, 0.2) is 334 Å². The molecule has 7 heterocycles. The van der Waals surface area contributed by atoms with Crippen LogP contribution < -0.4 is 0 Å². The van der Waals surface area contributed by atoms with Crippen molar-refractivity contribution in [1.29, 1.82) is 0 Å². The van der Waals surface area contributed by atoms with Gasteiger partial charge in [0, 0.05) is 122 Å². The number of nitrogens with zero attached hydrogens (tertiary/aromatic N) is 7. The van der Waals surface area contributed by atoms with Crippen LogP contribution in [0.1, 0.15) is 13.8 Å². The van der Waals surface area contributed by atoms with Gasteiger partial charge in [0.25, 0.3) is 0 Å². The summed E-state index contributed by atoms with van der Waals surface area (Å²) in [4.78, 5) is 40.1. The van der Waals surface area contributed by atoms with Crippen LogP contribution in [0.25, 0.3) is 101 Å². The number of benzene rings is 7. The van der Waals surface area contributed by atoms with Crippen molar-refractivity contribution in [3.8, 4) is 101 Å². The first-order chi connectivity index (χ1) is 44.8. The van der Waals surface area contributed by atoms with Gasteiger partial charge in [-0.05, 0) is 94.2 Å². The minimum atomic E-state index is -0.250. The Balaban J connectivity index is 0.000000186. The zero-order chi connectivity index (χ0) is 62.9. The van der Waals surface area contributed by atoms with Gasteiger partial charge in [-0.1, -0.05) is 121 Å². The number of hydrogen-bond acceptors (Lipinski definition) is 9. The van der Waals surface area contributed by atoms with Crippen molar-refractivity contribution in [2.75, 3.05) is 0 Å². The van der Waals surface area contributed by atoms with E-state index in [2.05, 4.69) is 132 Å². The van der Waals surface area contributed by atoms with Crippen molar-refractivity contribution >= 4 is 5.78 Å². The third kappa shape index (κ3) is 23.7. The van der Waals surface area contributed by atoms with E-state index in [0.717, 1.165) is 89.9 Å². The van der Waals surface area contributed by atoms with Crippen molar-refractivity contribution in [1.82, 2.24) is 34.9 Å². The number of rotatable bonds is 10. The first-order valence-corrected chi connectivity index (χ1v) is 29.2. The fraction of sp³-hybridized carbons (Fsp3) is 0.0244. The van der Waals surface area contributed by atoms with Crippen LogP contribution in [0.2, 0.25) is 0 Å². The number of aliphatic hydroxyl groups excluding tert-OH is 1. The largest absolute Gasteiger partial charge is 0.472 e. The fourth-order valence-electron chi connectivity index (χ4n) is 8.78. The summed E-state index contributed by atoms with van der Waals surface area (Å²) in [7, 11) is 0. The first kappa shape index (κ1) is 72.7. The average Bonchev–Trinajstić information content (AvgIpc) is 1.07. The standard InChI is InChI=1S/C22H16N2.C22H14N2.3C11H8N.C5H6O2.3Ir/c2*1-3-15-23-21(5-1)19-11-7-17(8-12-19)18-9-13-20(14-10-18)22-6-2-4-16-24-22;3*1-2-6-10(7-3-1)11-8-4-5-9-12-11;1-4(6)3-5(2)7;;;/h1-16H;1-11,13,15-16H;3*1-6,8-9H;1-2H3;;;/q;-2;3*-1;;;;/p+1. The number of allylic oxidation sites excluding steroid dienone is 2. The third-order valence-electron chi connectivity index (χ3n) is 13.2. The van der Waals surface area contributed by atoms with Gasteiger partial charge in [-0.2, -0.15) is 0 Å². The number of ketones is 1. The maximum atomic E-state index is 9.96. The molecule has 0 saturated heterocycles. The number of pyridine rings is 7. The van der Waals surface area contributed by atoms with Crippen LogP contribution >= 0.6 is 0 Å². The molecule has 12 heteroatoms. The molecule has 14 aromatic rings. The Morgan fingerprint density at radius 3 is 0.702 bits per heavy atom.